The molecule has 3 rings (SSSR count). The van der Waals surface area contributed by atoms with Crippen molar-refractivity contribution in [2.24, 2.45) is 11.8 Å². The Labute approximate surface area is 116 Å². The Morgan fingerprint density at radius 3 is 2.53 bits per heavy atom. The summed E-state index contributed by atoms with van der Waals surface area (Å²) < 4.78 is 0.321. The highest BCUT2D eigenvalue weighted by Gasteiger charge is 2.58. The number of fused-ring (bicyclic) bond motifs is 1. The quantitative estimate of drug-likeness (QED) is 0.483. The minimum atomic E-state index is -0.501. The number of benzene rings is 1. The Morgan fingerprint density at radius 1 is 1.32 bits per heavy atom. The van der Waals surface area contributed by atoms with E-state index in [4.69, 9.17) is 0 Å². The Hall–Kier alpha value is -1.76. The maximum Gasteiger partial charge on any atom is 0.283 e. The summed E-state index contributed by atoms with van der Waals surface area (Å²) in [5, 5.41) is 10.8. The monoisotopic (exact) mass is 324 g/mol. The molecule has 1 heterocycles. The third-order valence-corrected chi connectivity index (χ3v) is 4.46. The Kier molecular flexibility index (Phi) is 2.67. The molecular formula is C12H9BrN2O4. The molecule has 2 unspecified atom stereocenters. The number of hydrogen-bond acceptors (Lipinski definition) is 4. The SMILES string of the molecule is O=C1C2CC2C(=O)N1Cc1cccc([N+](=O)[O-])c1Br. The number of amides is 2. The highest BCUT2D eigenvalue weighted by atomic mass is 79.9. The van der Waals surface area contributed by atoms with Crippen LogP contribution in [-0.2, 0) is 16.1 Å². The maximum absolute atomic E-state index is 11.8. The van der Waals surface area contributed by atoms with Gasteiger partial charge in [0.1, 0.15) is 4.47 Å². The average molecular weight is 325 g/mol. The number of halogens is 1. The predicted molar refractivity (Wildman–Crippen MR) is 68.0 cm³/mol. The van der Waals surface area contributed by atoms with Crippen LogP contribution in [0.15, 0.2) is 22.7 Å². The molecule has 2 atom stereocenters. The predicted octanol–water partition coefficient (Wildman–Crippen LogP) is 1.86. The Bertz CT molecular complexity index is 596. The van der Waals surface area contributed by atoms with Crippen molar-refractivity contribution in [3.63, 3.8) is 0 Å². The standard InChI is InChI=1S/C12H9BrN2O4/c13-10-6(2-1-3-9(10)15(18)19)5-14-11(16)7-4-8(7)12(14)17/h1-3,7-8H,4-5H2. The van der Waals surface area contributed by atoms with E-state index in [1.807, 2.05) is 0 Å². The lowest BCUT2D eigenvalue weighted by Crippen LogP contribution is -2.32. The lowest BCUT2D eigenvalue weighted by Gasteiger charge is -2.17. The van der Waals surface area contributed by atoms with Gasteiger partial charge in [0.15, 0.2) is 0 Å². The molecule has 1 aliphatic heterocycles. The molecule has 98 valence electrons. The molecular weight excluding hydrogens is 316 g/mol. The summed E-state index contributed by atoms with van der Waals surface area (Å²) in [6.45, 7) is 0.0902. The van der Waals surface area contributed by atoms with Crippen molar-refractivity contribution < 1.29 is 14.5 Å². The fourth-order valence-electron chi connectivity index (χ4n) is 2.41. The number of nitrogens with zero attached hydrogens (tertiary/aromatic N) is 2. The molecule has 0 radical (unpaired) electrons. The smallest absolute Gasteiger partial charge is 0.278 e. The largest absolute Gasteiger partial charge is 0.283 e. The number of piperidine rings is 1. The van der Waals surface area contributed by atoms with Crippen LogP contribution in [0.25, 0.3) is 0 Å². The molecule has 19 heavy (non-hydrogen) atoms. The van der Waals surface area contributed by atoms with Crippen molar-refractivity contribution in [1.29, 1.82) is 0 Å². The molecule has 1 aromatic rings. The highest BCUT2D eigenvalue weighted by molar-refractivity contribution is 9.10. The van der Waals surface area contributed by atoms with Gasteiger partial charge in [-0.3, -0.25) is 24.6 Å². The number of carbonyl (C=O) groups is 2. The van der Waals surface area contributed by atoms with Crippen molar-refractivity contribution in [2.75, 3.05) is 0 Å². The first-order chi connectivity index (χ1) is 9.00. The number of likely N-dealkylation sites (tertiary alicyclic amines) is 1. The first kappa shape index (κ1) is 12.3. The first-order valence-electron chi connectivity index (χ1n) is 5.77. The summed E-state index contributed by atoms with van der Waals surface area (Å²) in [4.78, 5) is 35.2. The van der Waals surface area contributed by atoms with Gasteiger partial charge in [-0.05, 0) is 27.9 Å². The van der Waals surface area contributed by atoms with Gasteiger partial charge in [-0.25, -0.2) is 0 Å². The molecule has 1 saturated carbocycles. The van der Waals surface area contributed by atoms with E-state index in [2.05, 4.69) is 15.9 Å². The highest BCUT2D eigenvalue weighted by Crippen LogP contribution is 2.47. The van der Waals surface area contributed by atoms with Crippen LogP contribution >= 0.6 is 15.9 Å². The Morgan fingerprint density at radius 2 is 1.95 bits per heavy atom. The van der Waals surface area contributed by atoms with E-state index < -0.39 is 4.92 Å². The molecule has 0 N–H and O–H groups in total. The lowest BCUT2D eigenvalue weighted by atomic mass is 10.2. The Balaban J connectivity index is 1.88. The number of carbonyl (C=O) groups excluding carboxylic acids is 2. The van der Waals surface area contributed by atoms with Crippen LogP contribution in [-0.4, -0.2) is 21.6 Å². The second kappa shape index (κ2) is 4.12. The van der Waals surface area contributed by atoms with Crippen molar-refractivity contribution in [3.8, 4) is 0 Å². The lowest BCUT2D eigenvalue weighted by molar-refractivity contribution is -0.385. The second-order valence-corrected chi connectivity index (χ2v) is 5.51. The third-order valence-electron chi connectivity index (χ3n) is 3.54. The molecule has 2 fully saturated rings. The normalized spacial score (nSPS) is 24.6. The van der Waals surface area contributed by atoms with Gasteiger partial charge in [-0.15, -0.1) is 0 Å². The van der Waals surface area contributed by atoms with Crippen LogP contribution in [0, 0.1) is 22.0 Å². The topological polar surface area (TPSA) is 80.5 Å². The van der Waals surface area contributed by atoms with E-state index in [0.29, 0.717) is 16.5 Å². The summed E-state index contributed by atoms with van der Waals surface area (Å²) in [7, 11) is 0. The zero-order valence-electron chi connectivity index (χ0n) is 9.71. The zero-order chi connectivity index (χ0) is 13.7. The molecule has 1 aliphatic carbocycles. The number of nitro groups is 1. The van der Waals surface area contributed by atoms with E-state index in [1.54, 1.807) is 12.1 Å². The van der Waals surface area contributed by atoms with Crippen molar-refractivity contribution in [3.05, 3.63) is 38.3 Å². The van der Waals surface area contributed by atoms with Crippen LogP contribution in [0.1, 0.15) is 12.0 Å². The van der Waals surface area contributed by atoms with Crippen molar-refractivity contribution in [1.82, 2.24) is 4.90 Å². The van der Waals surface area contributed by atoms with Gasteiger partial charge in [-0.1, -0.05) is 12.1 Å². The van der Waals surface area contributed by atoms with Gasteiger partial charge in [0.2, 0.25) is 11.8 Å². The number of nitro benzene ring substituents is 1. The van der Waals surface area contributed by atoms with Crippen molar-refractivity contribution >= 4 is 33.4 Å². The van der Waals surface area contributed by atoms with Crippen LogP contribution in [0.5, 0.6) is 0 Å². The van der Waals surface area contributed by atoms with E-state index in [-0.39, 0.29) is 35.9 Å². The van der Waals surface area contributed by atoms with Gasteiger partial charge in [0.05, 0.1) is 23.3 Å². The first-order valence-corrected chi connectivity index (χ1v) is 6.57. The van der Waals surface area contributed by atoms with Crippen LogP contribution in [0.2, 0.25) is 0 Å². The van der Waals surface area contributed by atoms with Gasteiger partial charge < -0.3 is 0 Å². The molecule has 1 saturated heterocycles. The fraction of sp³-hybridized carbons (Fsp3) is 0.333. The number of hydrogen-bond donors (Lipinski definition) is 0. The number of imide groups is 1. The summed E-state index contributed by atoms with van der Waals surface area (Å²) >= 11 is 3.16. The molecule has 0 spiro atoms. The minimum absolute atomic E-state index is 0.0678. The van der Waals surface area contributed by atoms with E-state index in [1.165, 1.54) is 11.0 Å². The molecule has 6 nitrogen and oxygen atoms in total. The summed E-state index contributed by atoms with van der Waals surface area (Å²) in [5.41, 5.74) is 0.499. The second-order valence-electron chi connectivity index (χ2n) is 4.72. The van der Waals surface area contributed by atoms with Crippen LogP contribution in [0.4, 0.5) is 5.69 Å². The van der Waals surface area contributed by atoms with Gasteiger partial charge in [0.25, 0.3) is 5.69 Å². The van der Waals surface area contributed by atoms with E-state index >= 15 is 0 Å². The molecule has 0 bridgehead atoms. The molecule has 1 aromatic carbocycles. The van der Waals surface area contributed by atoms with Crippen LogP contribution in [0.3, 0.4) is 0 Å². The van der Waals surface area contributed by atoms with Gasteiger partial charge in [-0.2, -0.15) is 0 Å². The average Bonchev–Trinajstić information content (AvgIpc) is 3.11. The molecule has 0 aromatic heterocycles. The fourth-order valence-corrected chi connectivity index (χ4v) is 2.94. The maximum atomic E-state index is 11.8. The third kappa shape index (κ3) is 1.85. The van der Waals surface area contributed by atoms with E-state index in [0.717, 1.165) is 0 Å². The molecule has 2 amide bonds. The molecule has 7 heteroatoms. The minimum Gasteiger partial charge on any atom is -0.278 e. The van der Waals surface area contributed by atoms with Crippen LogP contribution < -0.4 is 0 Å². The van der Waals surface area contributed by atoms with Gasteiger partial charge >= 0.3 is 0 Å². The zero-order valence-corrected chi connectivity index (χ0v) is 11.3. The summed E-state index contributed by atoms with van der Waals surface area (Å²) in [5.74, 6) is -0.614. The number of rotatable bonds is 3. The summed E-state index contributed by atoms with van der Waals surface area (Å²) in [6.07, 6.45) is 0.657. The van der Waals surface area contributed by atoms with Gasteiger partial charge in [0, 0.05) is 6.07 Å². The molecule has 2 aliphatic rings. The van der Waals surface area contributed by atoms with Crippen molar-refractivity contribution in [2.45, 2.75) is 13.0 Å². The van der Waals surface area contributed by atoms with E-state index in [9.17, 15) is 19.7 Å². The summed E-state index contributed by atoms with van der Waals surface area (Å²) in [6, 6.07) is 4.59.